The van der Waals surface area contributed by atoms with Crippen LogP contribution in [0.5, 0.6) is 0 Å². The normalized spacial score (nSPS) is 11.3. The van der Waals surface area contributed by atoms with Crippen molar-refractivity contribution in [3.05, 3.63) is 29.8 Å². The van der Waals surface area contributed by atoms with Crippen LogP contribution in [0.1, 0.15) is 26.3 Å². The molecule has 1 aromatic rings. The number of hydrogen-bond acceptors (Lipinski definition) is 0. The van der Waals surface area contributed by atoms with Crippen molar-refractivity contribution in [2.75, 3.05) is 0 Å². The number of benzene rings is 1. The molecule has 1 aromatic carbocycles. The van der Waals surface area contributed by atoms with Crippen molar-refractivity contribution >= 4 is 21.6 Å². The quantitative estimate of drug-likeness (QED) is 0.455. The third-order valence-corrected chi connectivity index (χ3v) is 2.35. The fourth-order valence-corrected chi connectivity index (χ4v) is 1.32. The monoisotopic (exact) mass is 177 g/mol. The Balaban J connectivity index is 2.93. The van der Waals surface area contributed by atoms with E-state index in [4.69, 9.17) is 0 Å². The van der Waals surface area contributed by atoms with Crippen molar-refractivity contribution in [2.24, 2.45) is 0 Å². The molecule has 1 unspecified atom stereocenters. The minimum atomic E-state index is 0.263. The molecule has 0 heterocycles. The third-order valence-electron chi connectivity index (χ3n) is 1.97. The van der Waals surface area contributed by atoms with Crippen LogP contribution in [0.3, 0.4) is 0 Å². The van der Waals surface area contributed by atoms with E-state index in [0.717, 1.165) is 0 Å². The molecule has 1 rings (SSSR count). The largest absolute Gasteiger partial charge is 0.178 e. The van der Waals surface area contributed by atoms with Crippen LogP contribution in [0.2, 0.25) is 0 Å². The van der Waals surface area contributed by atoms with E-state index in [1.165, 1.54) is 11.0 Å². The minimum Gasteiger partial charge on any atom is -0.172 e. The smallest absolute Gasteiger partial charge is 0.172 e. The minimum absolute atomic E-state index is 0.263. The Morgan fingerprint density at radius 2 is 1.58 bits per heavy atom. The van der Waals surface area contributed by atoms with Gasteiger partial charge in [0.15, 0.2) is 7.00 Å². The molecule has 0 aromatic heterocycles. The molecule has 0 saturated heterocycles. The van der Waals surface area contributed by atoms with Crippen LogP contribution >= 0.6 is 9.12 Å². The Morgan fingerprint density at radius 1 is 1.08 bits per heavy atom. The van der Waals surface area contributed by atoms with Gasteiger partial charge in [-0.3, -0.25) is 0 Å². The highest BCUT2D eigenvalue weighted by Gasteiger charge is 2.12. The molecule has 2 heteroatoms. The summed E-state index contributed by atoms with van der Waals surface area (Å²) in [5.41, 5.74) is 2.91. The van der Waals surface area contributed by atoms with Crippen molar-refractivity contribution < 1.29 is 0 Å². The van der Waals surface area contributed by atoms with E-state index in [1.54, 1.807) is 0 Å². The van der Waals surface area contributed by atoms with Crippen molar-refractivity contribution in [3.63, 3.8) is 0 Å². The molecule has 0 spiro atoms. The Morgan fingerprint density at radius 3 is 1.92 bits per heavy atom. The maximum Gasteiger partial charge on any atom is 0.178 e. The molecule has 0 fully saturated rings. The summed E-state index contributed by atoms with van der Waals surface area (Å²) in [5.74, 6) is 0. The lowest BCUT2D eigenvalue weighted by molar-refractivity contribution is 0.590. The summed E-state index contributed by atoms with van der Waals surface area (Å²) in [6.45, 7) is 8.72. The number of rotatable bonds is 1. The van der Waals surface area contributed by atoms with Crippen LogP contribution in [0.4, 0.5) is 0 Å². The van der Waals surface area contributed by atoms with E-state index in [9.17, 15) is 0 Å². The first kappa shape index (κ1) is 9.80. The van der Waals surface area contributed by atoms with E-state index < -0.39 is 0 Å². The maximum atomic E-state index is 2.62. The Labute approximate surface area is 78.2 Å². The van der Waals surface area contributed by atoms with Gasteiger partial charge in [-0.05, 0) is 11.0 Å². The second kappa shape index (κ2) is 3.62. The second-order valence-corrected chi connectivity index (χ2v) is 4.37. The van der Waals surface area contributed by atoms with E-state index >= 15 is 0 Å². The zero-order chi connectivity index (χ0) is 9.19. The molecule has 1 atom stereocenters. The molecule has 0 aliphatic heterocycles. The van der Waals surface area contributed by atoms with Gasteiger partial charge in [0.05, 0.1) is 0 Å². The van der Waals surface area contributed by atoms with Gasteiger partial charge >= 0.3 is 0 Å². The average molecular weight is 177 g/mol. The predicted octanol–water partition coefficient (Wildman–Crippen LogP) is 2.10. The van der Waals surface area contributed by atoms with Crippen LogP contribution in [0.25, 0.3) is 0 Å². The maximum absolute atomic E-state index is 2.62. The first-order valence-corrected chi connectivity index (χ1v) is 4.86. The fourth-order valence-electron chi connectivity index (χ4n) is 1.09. The molecule has 0 nitrogen and oxygen atoms in total. The lowest BCUT2D eigenvalue weighted by atomic mass is 9.84. The first-order valence-electron chi connectivity index (χ1n) is 4.19. The summed E-state index contributed by atoms with van der Waals surface area (Å²) in [6, 6.07) is 8.67. The molecule has 63 valence electrons. The van der Waals surface area contributed by atoms with E-state index in [0.29, 0.717) is 0 Å². The van der Waals surface area contributed by atoms with Crippen LogP contribution in [0, 0.1) is 0 Å². The Bertz CT molecular complexity index is 246. The van der Waals surface area contributed by atoms with Gasteiger partial charge in [0.25, 0.3) is 0 Å². The molecule has 12 heavy (non-hydrogen) atoms. The summed E-state index contributed by atoms with van der Waals surface area (Å²) >= 11 is 0. The van der Waals surface area contributed by atoms with E-state index in [-0.39, 0.29) is 5.41 Å². The van der Waals surface area contributed by atoms with Gasteiger partial charge in [-0.25, -0.2) is 0 Å². The SMILES string of the molecule is CC(C)(C)c1ccc([B]P)cc1. The lowest BCUT2D eigenvalue weighted by Crippen LogP contribution is -2.14. The van der Waals surface area contributed by atoms with Gasteiger partial charge in [0.1, 0.15) is 0 Å². The molecule has 0 aliphatic carbocycles. The van der Waals surface area contributed by atoms with Crippen molar-refractivity contribution in [1.82, 2.24) is 0 Å². The summed E-state index contributed by atoms with van der Waals surface area (Å²) in [7, 11) is 2.62. The van der Waals surface area contributed by atoms with Crippen LogP contribution in [-0.4, -0.2) is 7.00 Å². The average Bonchev–Trinajstić information content (AvgIpc) is 2.03. The summed E-state index contributed by atoms with van der Waals surface area (Å²) in [6.07, 6.45) is 0. The topological polar surface area (TPSA) is 0 Å². The van der Waals surface area contributed by atoms with Gasteiger partial charge in [0, 0.05) is 0 Å². The van der Waals surface area contributed by atoms with Gasteiger partial charge in [-0.2, -0.15) is 9.12 Å². The molecule has 0 bridgehead atoms. The second-order valence-electron chi connectivity index (χ2n) is 4.04. The molecular formula is C10H15BP. The van der Waals surface area contributed by atoms with Gasteiger partial charge in [0.2, 0.25) is 0 Å². The van der Waals surface area contributed by atoms with Crippen molar-refractivity contribution in [3.8, 4) is 0 Å². The van der Waals surface area contributed by atoms with Crippen LogP contribution in [-0.2, 0) is 5.41 Å². The van der Waals surface area contributed by atoms with Crippen molar-refractivity contribution in [1.29, 1.82) is 0 Å². The predicted molar refractivity (Wildman–Crippen MR) is 60.2 cm³/mol. The summed E-state index contributed by atoms with van der Waals surface area (Å²) in [5, 5.41) is 0. The lowest BCUT2D eigenvalue weighted by Gasteiger charge is -2.18. The fraction of sp³-hybridized carbons (Fsp3) is 0.400. The van der Waals surface area contributed by atoms with Gasteiger partial charge in [-0.1, -0.05) is 50.5 Å². The highest BCUT2D eigenvalue weighted by atomic mass is 31.0. The standard InChI is InChI=1S/C10H15BP/c1-10(2,3)8-4-6-9(11-12)7-5-8/h4-7H,12H2,1-3H3. The van der Waals surface area contributed by atoms with Crippen molar-refractivity contribution in [2.45, 2.75) is 26.2 Å². The van der Waals surface area contributed by atoms with E-state index in [1.807, 2.05) is 7.00 Å². The molecule has 0 amide bonds. The molecular weight excluding hydrogens is 162 g/mol. The van der Waals surface area contributed by atoms with E-state index in [2.05, 4.69) is 54.2 Å². The van der Waals surface area contributed by atoms with Crippen LogP contribution in [0.15, 0.2) is 24.3 Å². The highest BCUT2D eigenvalue weighted by Crippen LogP contribution is 2.20. The summed E-state index contributed by atoms with van der Waals surface area (Å²) < 4.78 is 0. The molecule has 0 N–H and O–H groups in total. The first-order chi connectivity index (χ1) is 5.54. The summed E-state index contributed by atoms with van der Waals surface area (Å²) in [4.78, 5) is 0. The Hall–Kier alpha value is -0.285. The molecule has 0 saturated carbocycles. The molecule has 1 radical (unpaired) electrons. The molecule has 0 aliphatic rings. The zero-order valence-corrected chi connectivity index (χ0v) is 9.12. The zero-order valence-electron chi connectivity index (χ0n) is 7.96. The Kier molecular flexibility index (Phi) is 2.96. The van der Waals surface area contributed by atoms with Gasteiger partial charge in [-0.15, -0.1) is 0 Å². The third kappa shape index (κ3) is 2.35. The van der Waals surface area contributed by atoms with Gasteiger partial charge < -0.3 is 0 Å². The number of hydrogen-bond donors (Lipinski definition) is 0. The van der Waals surface area contributed by atoms with Crippen LogP contribution < -0.4 is 5.46 Å². The highest BCUT2D eigenvalue weighted by molar-refractivity contribution is 7.58.